The molecule has 1 N–H and O–H groups in total. The lowest BCUT2D eigenvalue weighted by atomic mass is 10.0. The highest BCUT2D eigenvalue weighted by Gasteiger charge is 2.31. The first-order valence-electron chi connectivity index (χ1n) is 7.16. The minimum atomic E-state index is -0.346. The highest BCUT2D eigenvalue weighted by atomic mass is 16.6. The summed E-state index contributed by atoms with van der Waals surface area (Å²) in [7, 11) is 1.69. The topological polar surface area (TPSA) is 67.6 Å². The van der Waals surface area contributed by atoms with Gasteiger partial charge in [-0.25, -0.2) is 0 Å². The maximum absolute atomic E-state index is 11.1. The highest BCUT2D eigenvalue weighted by Crippen LogP contribution is 2.27. The molecule has 0 spiro atoms. The van der Waals surface area contributed by atoms with Crippen LogP contribution in [-0.2, 0) is 11.3 Å². The van der Waals surface area contributed by atoms with Crippen molar-refractivity contribution in [3.8, 4) is 0 Å². The molecule has 1 aromatic rings. The molecule has 2 rings (SSSR count). The van der Waals surface area contributed by atoms with E-state index in [4.69, 9.17) is 4.74 Å². The van der Waals surface area contributed by atoms with E-state index in [2.05, 4.69) is 31.0 Å². The van der Waals surface area contributed by atoms with Crippen LogP contribution < -0.4 is 5.32 Å². The van der Waals surface area contributed by atoms with Crippen LogP contribution in [0.15, 0.2) is 18.2 Å². The lowest BCUT2D eigenvalue weighted by Crippen LogP contribution is -2.51. The predicted octanol–water partition coefficient (Wildman–Crippen LogP) is 2.64. The summed E-state index contributed by atoms with van der Waals surface area (Å²) in [5.41, 5.74) is 1.43. The number of hydrogen-bond acceptors (Lipinski definition) is 5. The van der Waals surface area contributed by atoms with Gasteiger partial charge in [0.1, 0.15) is 5.69 Å². The largest absolute Gasteiger partial charge is 0.383 e. The van der Waals surface area contributed by atoms with Crippen LogP contribution in [0.4, 0.5) is 11.4 Å². The molecule has 6 heteroatoms. The Labute approximate surface area is 125 Å². The second kappa shape index (κ2) is 5.99. The second-order valence-electron chi connectivity index (χ2n) is 6.22. The Bertz CT molecular complexity index is 531. The van der Waals surface area contributed by atoms with Gasteiger partial charge in [0.05, 0.1) is 16.6 Å². The monoisotopic (exact) mass is 293 g/mol. The Kier molecular flexibility index (Phi) is 4.49. The molecule has 0 saturated carbocycles. The number of benzene rings is 1. The summed E-state index contributed by atoms with van der Waals surface area (Å²) in [5, 5.41) is 14.0. The van der Waals surface area contributed by atoms with Crippen molar-refractivity contribution >= 4 is 11.4 Å². The number of nitrogens with one attached hydrogen (secondary N) is 1. The molecular weight excluding hydrogens is 270 g/mol. The molecule has 0 aromatic heterocycles. The van der Waals surface area contributed by atoms with Crippen molar-refractivity contribution in [1.82, 2.24) is 4.90 Å². The fraction of sp³-hybridized carbons (Fsp3) is 0.600. The van der Waals surface area contributed by atoms with E-state index in [1.165, 1.54) is 0 Å². The lowest BCUT2D eigenvalue weighted by Gasteiger charge is -2.41. The van der Waals surface area contributed by atoms with E-state index in [0.29, 0.717) is 12.2 Å². The Morgan fingerprint density at radius 1 is 1.52 bits per heavy atom. The first-order valence-corrected chi connectivity index (χ1v) is 7.16. The summed E-state index contributed by atoms with van der Waals surface area (Å²) in [6.45, 7) is 8.55. The van der Waals surface area contributed by atoms with Gasteiger partial charge in [-0.3, -0.25) is 15.0 Å². The number of morpholine rings is 1. The van der Waals surface area contributed by atoms with E-state index in [-0.39, 0.29) is 22.3 Å². The third-order valence-corrected chi connectivity index (χ3v) is 3.57. The number of nitro benzene ring substituents is 1. The number of nitro groups is 1. The van der Waals surface area contributed by atoms with Gasteiger partial charge in [-0.15, -0.1) is 0 Å². The van der Waals surface area contributed by atoms with E-state index in [1.807, 2.05) is 6.07 Å². The fourth-order valence-electron chi connectivity index (χ4n) is 3.00. The standard InChI is InChI=1S/C15H23N3O3/c1-11-8-17(10-15(2,3)21-11)9-12-5-6-13(16-4)14(7-12)18(19)20/h5-7,11,16H,8-10H2,1-4H3. The summed E-state index contributed by atoms with van der Waals surface area (Å²) < 4.78 is 5.88. The molecule has 1 aromatic carbocycles. The Balaban J connectivity index is 2.16. The van der Waals surface area contributed by atoms with Crippen LogP contribution in [0.3, 0.4) is 0 Å². The van der Waals surface area contributed by atoms with Crippen LogP contribution in [-0.4, -0.2) is 41.7 Å². The van der Waals surface area contributed by atoms with Crippen LogP contribution >= 0.6 is 0 Å². The average Bonchev–Trinajstić information content (AvgIpc) is 2.36. The molecule has 1 unspecified atom stereocenters. The molecule has 1 fully saturated rings. The summed E-state index contributed by atoms with van der Waals surface area (Å²) in [6, 6.07) is 5.35. The van der Waals surface area contributed by atoms with Crippen LogP contribution in [0.5, 0.6) is 0 Å². The van der Waals surface area contributed by atoms with Gasteiger partial charge in [-0.05, 0) is 32.4 Å². The molecule has 0 radical (unpaired) electrons. The summed E-state index contributed by atoms with van der Waals surface area (Å²) in [5.74, 6) is 0. The first kappa shape index (κ1) is 15.7. The van der Waals surface area contributed by atoms with Crippen molar-refractivity contribution in [3.05, 3.63) is 33.9 Å². The van der Waals surface area contributed by atoms with Gasteiger partial charge in [-0.2, -0.15) is 0 Å². The maximum Gasteiger partial charge on any atom is 0.292 e. The Hall–Kier alpha value is -1.66. The van der Waals surface area contributed by atoms with Gasteiger partial charge in [0, 0.05) is 32.7 Å². The van der Waals surface area contributed by atoms with Crippen molar-refractivity contribution in [3.63, 3.8) is 0 Å². The highest BCUT2D eigenvalue weighted by molar-refractivity contribution is 5.62. The van der Waals surface area contributed by atoms with Crippen LogP contribution in [0.25, 0.3) is 0 Å². The van der Waals surface area contributed by atoms with Gasteiger partial charge in [0.15, 0.2) is 0 Å². The quantitative estimate of drug-likeness (QED) is 0.683. The molecule has 6 nitrogen and oxygen atoms in total. The van der Waals surface area contributed by atoms with Gasteiger partial charge >= 0.3 is 0 Å². The van der Waals surface area contributed by atoms with Crippen LogP contribution in [0, 0.1) is 10.1 Å². The third-order valence-electron chi connectivity index (χ3n) is 3.57. The van der Waals surface area contributed by atoms with Crippen molar-refractivity contribution in [2.24, 2.45) is 0 Å². The van der Waals surface area contributed by atoms with E-state index in [0.717, 1.165) is 18.7 Å². The first-order chi connectivity index (χ1) is 9.80. The van der Waals surface area contributed by atoms with Gasteiger partial charge in [-0.1, -0.05) is 6.07 Å². The van der Waals surface area contributed by atoms with E-state index in [1.54, 1.807) is 19.2 Å². The van der Waals surface area contributed by atoms with Crippen molar-refractivity contribution in [2.75, 3.05) is 25.5 Å². The van der Waals surface area contributed by atoms with Crippen LogP contribution in [0.2, 0.25) is 0 Å². The SMILES string of the molecule is CNc1ccc(CN2CC(C)OC(C)(C)C2)cc1[N+](=O)[O-]. The molecule has 21 heavy (non-hydrogen) atoms. The van der Waals surface area contributed by atoms with Gasteiger partial charge in [0.2, 0.25) is 0 Å². The summed E-state index contributed by atoms with van der Waals surface area (Å²) in [6.07, 6.45) is 0.167. The molecular formula is C15H23N3O3. The fourth-order valence-corrected chi connectivity index (χ4v) is 3.00. The Morgan fingerprint density at radius 3 is 2.81 bits per heavy atom. The Morgan fingerprint density at radius 2 is 2.24 bits per heavy atom. The van der Waals surface area contributed by atoms with E-state index >= 15 is 0 Å². The number of ether oxygens (including phenoxy) is 1. The maximum atomic E-state index is 11.1. The lowest BCUT2D eigenvalue weighted by molar-refractivity contribution is -0.384. The van der Waals surface area contributed by atoms with Crippen molar-refractivity contribution in [1.29, 1.82) is 0 Å². The van der Waals surface area contributed by atoms with Crippen LogP contribution in [0.1, 0.15) is 26.3 Å². The third kappa shape index (κ3) is 3.92. The summed E-state index contributed by atoms with van der Waals surface area (Å²) >= 11 is 0. The van der Waals surface area contributed by atoms with Crippen molar-refractivity contribution in [2.45, 2.75) is 39.0 Å². The smallest absolute Gasteiger partial charge is 0.292 e. The zero-order valence-electron chi connectivity index (χ0n) is 13.0. The molecule has 1 aliphatic heterocycles. The zero-order valence-corrected chi connectivity index (χ0v) is 13.0. The van der Waals surface area contributed by atoms with Crippen molar-refractivity contribution < 1.29 is 9.66 Å². The molecule has 0 amide bonds. The molecule has 116 valence electrons. The second-order valence-corrected chi connectivity index (χ2v) is 6.22. The number of hydrogen-bond donors (Lipinski definition) is 1. The molecule has 1 atom stereocenters. The zero-order chi connectivity index (χ0) is 15.6. The molecule has 0 aliphatic carbocycles. The van der Waals surface area contributed by atoms with Gasteiger partial charge < -0.3 is 10.1 Å². The minimum Gasteiger partial charge on any atom is -0.383 e. The minimum absolute atomic E-state index is 0.121. The number of rotatable bonds is 4. The predicted molar refractivity (Wildman–Crippen MR) is 82.5 cm³/mol. The van der Waals surface area contributed by atoms with Gasteiger partial charge in [0.25, 0.3) is 5.69 Å². The summed E-state index contributed by atoms with van der Waals surface area (Å²) in [4.78, 5) is 13.1. The number of anilines is 1. The van der Waals surface area contributed by atoms with E-state index < -0.39 is 0 Å². The molecule has 0 bridgehead atoms. The molecule has 1 heterocycles. The number of nitrogens with zero attached hydrogens (tertiary/aromatic N) is 2. The molecule has 1 aliphatic rings. The average molecular weight is 293 g/mol. The molecule has 1 saturated heterocycles. The normalized spacial score (nSPS) is 22.0. The van der Waals surface area contributed by atoms with E-state index in [9.17, 15) is 10.1 Å².